The van der Waals surface area contributed by atoms with E-state index in [1.54, 1.807) is 0 Å². The normalized spacial score (nSPS) is 30.0. The van der Waals surface area contributed by atoms with Gasteiger partial charge in [0.15, 0.2) is 17.6 Å². The Hall–Kier alpha value is -3.01. The minimum atomic E-state index is -1.30. The molecule has 1 aromatic rings. The first-order valence-corrected chi connectivity index (χ1v) is 8.76. The van der Waals surface area contributed by atoms with E-state index in [-0.39, 0.29) is 36.0 Å². The van der Waals surface area contributed by atoms with E-state index in [1.165, 1.54) is 19.9 Å². The first-order chi connectivity index (χ1) is 13.3. The molecule has 5 atom stereocenters. The maximum Gasteiger partial charge on any atom is 0.303 e. The van der Waals surface area contributed by atoms with Gasteiger partial charge < -0.3 is 34.5 Å². The summed E-state index contributed by atoms with van der Waals surface area (Å²) in [5, 5.41) is 24.2. The summed E-state index contributed by atoms with van der Waals surface area (Å²) in [5.41, 5.74) is 0.318. The summed E-state index contributed by atoms with van der Waals surface area (Å²) in [4.78, 5) is 35.6. The smallest absolute Gasteiger partial charge is 0.303 e. The molecule has 150 valence electrons. The number of aliphatic hydroxyl groups excluding tert-OH is 1. The number of aliphatic hydroxyl groups is 1. The number of esters is 2. The number of phenolic OH excluding ortho intramolecular Hbond substituents is 1. The molecule has 10 nitrogen and oxygen atoms in total. The van der Waals surface area contributed by atoms with Crippen LogP contribution in [0, 0.1) is 0 Å². The highest BCUT2D eigenvalue weighted by atomic mass is 16.7. The molecule has 0 radical (unpaired) electrons. The topological polar surface area (TPSA) is 141 Å². The van der Waals surface area contributed by atoms with E-state index in [0.717, 1.165) is 0 Å². The van der Waals surface area contributed by atoms with Crippen molar-refractivity contribution in [2.24, 2.45) is 0 Å². The quantitative estimate of drug-likeness (QED) is 0.590. The van der Waals surface area contributed by atoms with Crippen LogP contribution in [-0.4, -0.2) is 59.2 Å². The fraction of sp³-hybridized carbons (Fsp3) is 0.500. The van der Waals surface area contributed by atoms with Gasteiger partial charge in [0, 0.05) is 32.2 Å². The minimum absolute atomic E-state index is 0.0305. The number of rotatable bonds is 2. The van der Waals surface area contributed by atoms with E-state index >= 15 is 0 Å². The van der Waals surface area contributed by atoms with Gasteiger partial charge in [-0.1, -0.05) is 0 Å². The van der Waals surface area contributed by atoms with Crippen LogP contribution in [0.25, 0.3) is 0 Å². The summed E-state index contributed by atoms with van der Waals surface area (Å²) in [7, 11) is 0. The summed E-state index contributed by atoms with van der Waals surface area (Å²) in [6.45, 7) is 2.29. The van der Waals surface area contributed by atoms with Crippen molar-refractivity contribution in [2.75, 3.05) is 6.79 Å². The molecule has 1 fully saturated rings. The van der Waals surface area contributed by atoms with Crippen molar-refractivity contribution in [2.45, 2.75) is 50.5 Å². The molecule has 0 bridgehead atoms. The SMILES string of the molecule is CC(=O)O[C@@H]1[C@@H](OC(C)=O)C[C@@H]2NC(=O)c3c(cc4c(c3O)OCO4)C2[C@H]1O. The number of carbonyl (C=O) groups is 3. The van der Waals surface area contributed by atoms with Gasteiger partial charge in [-0.2, -0.15) is 0 Å². The second kappa shape index (κ2) is 6.55. The number of fused-ring (bicyclic) bond motifs is 4. The van der Waals surface area contributed by atoms with Crippen LogP contribution >= 0.6 is 0 Å². The average molecular weight is 393 g/mol. The van der Waals surface area contributed by atoms with Gasteiger partial charge >= 0.3 is 11.9 Å². The lowest BCUT2D eigenvalue weighted by Gasteiger charge is -2.46. The average Bonchev–Trinajstić information content (AvgIpc) is 3.06. The molecule has 1 amide bonds. The Bertz CT molecular complexity index is 867. The van der Waals surface area contributed by atoms with Crippen molar-refractivity contribution >= 4 is 17.8 Å². The zero-order valence-electron chi connectivity index (χ0n) is 15.1. The third-order valence-corrected chi connectivity index (χ3v) is 5.18. The summed E-state index contributed by atoms with van der Waals surface area (Å²) in [6, 6.07) is 0.930. The lowest BCUT2D eigenvalue weighted by atomic mass is 9.71. The highest BCUT2D eigenvalue weighted by Crippen LogP contribution is 2.50. The molecule has 28 heavy (non-hydrogen) atoms. The van der Waals surface area contributed by atoms with Gasteiger partial charge in [-0.05, 0) is 11.6 Å². The summed E-state index contributed by atoms with van der Waals surface area (Å²) >= 11 is 0. The number of carbonyl (C=O) groups excluding carboxylic acids is 3. The Morgan fingerprint density at radius 3 is 2.61 bits per heavy atom. The number of phenols is 1. The molecule has 0 saturated heterocycles. The van der Waals surface area contributed by atoms with Gasteiger partial charge in [0.2, 0.25) is 12.5 Å². The van der Waals surface area contributed by atoms with Gasteiger partial charge in [0.1, 0.15) is 12.2 Å². The summed E-state index contributed by atoms with van der Waals surface area (Å²) in [6.07, 6.45) is -3.23. The predicted molar refractivity (Wildman–Crippen MR) is 90.0 cm³/mol. The molecular weight excluding hydrogens is 374 g/mol. The third-order valence-electron chi connectivity index (χ3n) is 5.18. The molecule has 1 aromatic carbocycles. The van der Waals surface area contributed by atoms with Crippen LogP contribution in [0.15, 0.2) is 6.07 Å². The minimum Gasteiger partial charge on any atom is -0.504 e. The molecule has 4 rings (SSSR count). The van der Waals surface area contributed by atoms with Crippen LogP contribution in [0.4, 0.5) is 0 Å². The molecule has 1 saturated carbocycles. The Morgan fingerprint density at radius 2 is 1.93 bits per heavy atom. The van der Waals surface area contributed by atoms with Crippen molar-refractivity contribution < 1.29 is 43.5 Å². The maximum atomic E-state index is 12.6. The lowest BCUT2D eigenvalue weighted by molar-refractivity contribution is -0.184. The van der Waals surface area contributed by atoms with Crippen molar-refractivity contribution in [3.63, 3.8) is 0 Å². The van der Waals surface area contributed by atoms with Crippen molar-refractivity contribution in [3.8, 4) is 17.2 Å². The van der Waals surface area contributed by atoms with Gasteiger partial charge in [-0.3, -0.25) is 14.4 Å². The van der Waals surface area contributed by atoms with Crippen LogP contribution in [0.2, 0.25) is 0 Å². The number of benzene rings is 1. The van der Waals surface area contributed by atoms with E-state index in [2.05, 4.69) is 5.32 Å². The molecule has 2 heterocycles. The number of amides is 1. The van der Waals surface area contributed by atoms with E-state index in [1.807, 2.05) is 0 Å². The Labute approximate surface area is 159 Å². The van der Waals surface area contributed by atoms with Crippen molar-refractivity contribution in [1.82, 2.24) is 5.32 Å². The van der Waals surface area contributed by atoms with Crippen LogP contribution in [0.3, 0.4) is 0 Å². The third kappa shape index (κ3) is 2.80. The Balaban J connectivity index is 1.78. The van der Waals surface area contributed by atoms with Gasteiger partial charge in [-0.25, -0.2) is 0 Å². The molecule has 3 aliphatic rings. The monoisotopic (exact) mass is 393 g/mol. The highest BCUT2D eigenvalue weighted by molar-refractivity contribution is 6.01. The molecule has 1 unspecified atom stereocenters. The fourth-order valence-corrected chi connectivity index (χ4v) is 4.19. The maximum absolute atomic E-state index is 12.6. The van der Waals surface area contributed by atoms with Crippen LogP contribution in [-0.2, 0) is 19.1 Å². The Kier molecular flexibility index (Phi) is 4.30. The largest absolute Gasteiger partial charge is 0.504 e. The second-order valence-electron chi connectivity index (χ2n) is 6.98. The first-order valence-electron chi connectivity index (χ1n) is 8.76. The number of aromatic hydroxyl groups is 1. The fourth-order valence-electron chi connectivity index (χ4n) is 4.19. The number of hydrogen-bond donors (Lipinski definition) is 3. The van der Waals surface area contributed by atoms with Gasteiger partial charge in [0.05, 0.1) is 5.56 Å². The van der Waals surface area contributed by atoms with E-state index < -0.39 is 48.1 Å². The predicted octanol–water partition coefficient (Wildman–Crippen LogP) is -0.0555. The molecule has 1 aliphatic carbocycles. The van der Waals surface area contributed by atoms with Crippen LogP contribution < -0.4 is 14.8 Å². The highest BCUT2D eigenvalue weighted by Gasteiger charge is 2.52. The number of hydrogen-bond acceptors (Lipinski definition) is 9. The molecule has 0 aromatic heterocycles. The van der Waals surface area contributed by atoms with E-state index in [0.29, 0.717) is 5.56 Å². The van der Waals surface area contributed by atoms with E-state index in [9.17, 15) is 24.6 Å². The molecule has 10 heteroatoms. The summed E-state index contributed by atoms with van der Waals surface area (Å²) in [5.74, 6) is -2.57. The molecule has 0 spiro atoms. The Morgan fingerprint density at radius 1 is 1.21 bits per heavy atom. The number of ether oxygens (including phenoxy) is 4. The van der Waals surface area contributed by atoms with Gasteiger partial charge in [0.25, 0.3) is 5.91 Å². The second-order valence-corrected chi connectivity index (χ2v) is 6.98. The van der Waals surface area contributed by atoms with Crippen LogP contribution in [0.5, 0.6) is 17.2 Å². The van der Waals surface area contributed by atoms with E-state index in [4.69, 9.17) is 18.9 Å². The lowest BCUT2D eigenvalue weighted by Crippen LogP contribution is -2.60. The summed E-state index contributed by atoms with van der Waals surface area (Å²) < 4.78 is 21.0. The first kappa shape index (κ1) is 18.4. The van der Waals surface area contributed by atoms with Crippen LogP contribution in [0.1, 0.15) is 42.1 Å². The number of nitrogens with one attached hydrogen (secondary N) is 1. The molecule has 3 N–H and O–H groups in total. The van der Waals surface area contributed by atoms with Gasteiger partial charge in [-0.15, -0.1) is 0 Å². The van der Waals surface area contributed by atoms with Crippen molar-refractivity contribution in [3.05, 3.63) is 17.2 Å². The zero-order valence-corrected chi connectivity index (χ0v) is 15.1. The molecule has 2 aliphatic heterocycles. The standard InChI is InChI=1S/C18H19NO9/c1-6(20)27-11-4-9-12(14(22)17(11)28-7(2)21)8-3-10-16(26-5-25-10)15(23)13(8)18(24)19-9/h3,9,11-12,14,17,22-23H,4-5H2,1-2H3,(H,19,24)/t9-,11-,12?,14+,17+/m0/s1. The molecular formula is C18H19NO9. The van der Waals surface area contributed by atoms with Crippen molar-refractivity contribution in [1.29, 1.82) is 0 Å². The zero-order chi connectivity index (χ0) is 20.2.